The van der Waals surface area contributed by atoms with Gasteiger partial charge in [-0.2, -0.15) is 0 Å². The van der Waals surface area contributed by atoms with Gasteiger partial charge in [-0.05, 0) is 29.3 Å². The van der Waals surface area contributed by atoms with Gasteiger partial charge in [0.1, 0.15) is 6.10 Å². The molecule has 6 nitrogen and oxygen atoms in total. The van der Waals surface area contributed by atoms with Crippen molar-refractivity contribution in [1.29, 1.82) is 0 Å². The highest BCUT2D eigenvalue weighted by Crippen LogP contribution is 2.31. The van der Waals surface area contributed by atoms with E-state index in [9.17, 15) is 14.4 Å². The molecule has 6 heteroatoms. The fraction of sp³-hybridized carbons (Fsp3) is 0.250. The summed E-state index contributed by atoms with van der Waals surface area (Å²) in [4.78, 5) is 36.0. The summed E-state index contributed by atoms with van der Waals surface area (Å²) in [5.41, 5.74) is 2.35. The smallest absolute Gasteiger partial charge is 0.347 e. The lowest BCUT2D eigenvalue weighted by Crippen LogP contribution is -2.24. The Labute approximate surface area is 149 Å². The van der Waals surface area contributed by atoms with E-state index in [1.165, 1.54) is 6.07 Å². The maximum absolute atomic E-state index is 12.3. The van der Waals surface area contributed by atoms with Crippen molar-refractivity contribution in [3.8, 4) is 0 Å². The van der Waals surface area contributed by atoms with E-state index in [0.717, 1.165) is 11.1 Å². The summed E-state index contributed by atoms with van der Waals surface area (Å²) in [6.07, 6.45) is -0.428. The van der Waals surface area contributed by atoms with Gasteiger partial charge in [0.05, 0.1) is 17.7 Å². The van der Waals surface area contributed by atoms with Crippen molar-refractivity contribution in [3.63, 3.8) is 0 Å². The van der Waals surface area contributed by atoms with Crippen LogP contribution >= 0.6 is 0 Å². The molecule has 26 heavy (non-hydrogen) atoms. The lowest BCUT2D eigenvalue weighted by atomic mass is 9.93. The van der Waals surface area contributed by atoms with E-state index >= 15 is 0 Å². The molecule has 0 spiro atoms. The van der Waals surface area contributed by atoms with E-state index in [1.54, 1.807) is 12.1 Å². The van der Waals surface area contributed by atoms with Crippen LogP contribution in [0.25, 0.3) is 0 Å². The molecular formula is C20H16O6. The van der Waals surface area contributed by atoms with Crippen molar-refractivity contribution in [2.75, 3.05) is 6.61 Å². The van der Waals surface area contributed by atoms with Crippen LogP contribution in [0.1, 0.15) is 44.4 Å². The first kappa shape index (κ1) is 16.3. The van der Waals surface area contributed by atoms with Crippen LogP contribution in [0.3, 0.4) is 0 Å². The maximum atomic E-state index is 12.3. The Balaban J connectivity index is 1.57. The van der Waals surface area contributed by atoms with Gasteiger partial charge in [-0.3, -0.25) is 0 Å². The summed E-state index contributed by atoms with van der Waals surface area (Å²) in [5, 5.41) is 0. The third-order valence-electron chi connectivity index (χ3n) is 4.52. The molecule has 2 aromatic rings. The van der Waals surface area contributed by atoms with Crippen LogP contribution in [-0.4, -0.2) is 30.6 Å². The van der Waals surface area contributed by atoms with Crippen molar-refractivity contribution in [2.45, 2.75) is 25.0 Å². The molecule has 1 fully saturated rings. The van der Waals surface area contributed by atoms with Crippen molar-refractivity contribution in [2.24, 2.45) is 0 Å². The normalized spacial score (nSPS) is 21.5. The van der Waals surface area contributed by atoms with Gasteiger partial charge in [-0.15, -0.1) is 0 Å². The fourth-order valence-electron chi connectivity index (χ4n) is 3.16. The number of hydrogen-bond donors (Lipinski definition) is 0. The molecule has 0 radical (unpaired) electrons. The summed E-state index contributed by atoms with van der Waals surface area (Å²) in [6, 6.07) is 14.1. The largest absolute Gasteiger partial charge is 0.463 e. The van der Waals surface area contributed by atoms with Crippen molar-refractivity contribution < 1.29 is 28.6 Å². The van der Waals surface area contributed by atoms with Gasteiger partial charge in [-0.1, -0.05) is 30.3 Å². The molecule has 0 amide bonds. The quantitative estimate of drug-likeness (QED) is 0.624. The number of carbonyl (C=O) groups excluding carboxylic acids is 3. The highest BCUT2D eigenvalue weighted by molar-refractivity contribution is 5.96. The molecule has 2 aromatic carbocycles. The number of benzene rings is 2. The van der Waals surface area contributed by atoms with Crippen LogP contribution in [0.15, 0.2) is 48.5 Å². The van der Waals surface area contributed by atoms with Crippen molar-refractivity contribution in [3.05, 3.63) is 70.8 Å². The van der Waals surface area contributed by atoms with Gasteiger partial charge in [-0.25, -0.2) is 14.4 Å². The van der Waals surface area contributed by atoms with Crippen molar-refractivity contribution in [1.82, 2.24) is 0 Å². The highest BCUT2D eigenvalue weighted by atomic mass is 16.6. The average Bonchev–Trinajstić information content (AvgIpc) is 3.06. The number of esters is 3. The van der Waals surface area contributed by atoms with Gasteiger partial charge in [0.2, 0.25) is 6.10 Å². The molecule has 0 saturated carbocycles. The van der Waals surface area contributed by atoms with E-state index in [2.05, 4.69) is 0 Å². The summed E-state index contributed by atoms with van der Waals surface area (Å²) in [7, 11) is 0. The molecular weight excluding hydrogens is 336 g/mol. The summed E-state index contributed by atoms with van der Waals surface area (Å²) in [5.74, 6) is -1.55. The van der Waals surface area contributed by atoms with E-state index in [4.69, 9.17) is 14.2 Å². The topological polar surface area (TPSA) is 78.9 Å². The number of rotatable bonds is 3. The second-order valence-corrected chi connectivity index (χ2v) is 6.23. The van der Waals surface area contributed by atoms with Crippen LogP contribution in [0, 0.1) is 0 Å². The molecule has 2 atom stereocenters. The van der Waals surface area contributed by atoms with E-state index < -0.39 is 30.1 Å². The molecule has 0 aromatic heterocycles. The highest BCUT2D eigenvalue weighted by Gasteiger charge is 2.32. The lowest BCUT2D eigenvalue weighted by molar-refractivity contribution is -0.145. The number of fused-ring (bicyclic) bond motifs is 1. The van der Waals surface area contributed by atoms with E-state index in [1.807, 2.05) is 30.3 Å². The second kappa shape index (κ2) is 6.63. The number of hydrogen-bond acceptors (Lipinski definition) is 6. The summed E-state index contributed by atoms with van der Waals surface area (Å²) in [6.45, 7) is 0.256. The Morgan fingerprint density at radius 2 is 1.88 bits per heavy atom. The van der Waals surface area contributed by atoms with Gasteiger partial charge in [0, 0.05) is 12.8 Å². The van der Waals surface area contributed by atoms with E-state index in [-0.39, 0.29) is 6.61 Å². The molecule has 0 unspecified atom stereocenters. The van der Waals surface area contributed by atoms with Crippen molar-refractivity contribution >= 4 is 17.9 Å². The third-order valence-corrected chi connectivity index (χ3v) is 4.52. The monoisotopic (exact) mass is 352 g/mol. The van der Waals surface area contributed by atoms with Crippen LogP contribution in [0.5, 0.6) is 0 Å². The van der Waals surface area contributed by atoms with Gasteiger partial charge >= 0.3 is 17.9 Å². The number of cyclic esters (lactones) is 2. The molecule has 132 valence electrons. The van der Waals surface area contributed by atoms with Gasteiger partial charge < -0.3 is 14.2 Å². The predicted molar refractivity (Wildman–Crippen MR) is 89.5 cm³/mol. The standard InChI is InChI=1S/C20H16O6/c21-18(25-16-8-9-24-20(16)23)13-6-7-15-14(10-13)11-17(26-19(15)22)12-4-2-1-3-5-12/h1-7,10,16-17H,8-9,11H2/t16-,17-/m0/s1. The van der Waals surface area contributed by atoms with Crippen LogP contribution in [0.2, 0.25) is 0 Å². The average molecular weight is 352 g/mol. The Morgan fingerprint density at radius 1 is 1.08 bits per heavy atom. The molecule has 2 aliphatic heterocycles. The zero-order valence-corrected chi connectivity index (χ0v) is 13.8. The first-order chi connectivity index (χ1) is 12.6. The maximum Gasteiger partial charge on any atom is 0.347 e. The summed E-state index contributed by atoms with van der Waals surface area (Å²) >= 11 is 0. The minimum absolute atomic E-state index is 0.256. The number of carbonyl (C=O) groups is 3. The third kappa shape index (κ3) is 3.06. The summed E-state index contributed by atoms with van der Waals surface area (Å²) < 4.78 is 15.5. The minimum Gasteiger partial charge on any atom is -0.463 e. The van der Waals surface area contributed by atoms with Crippen LogP contribution in [-0.2, 0) is 25.4 Å². The SMILES string of the molecule is O=C(O[C@H]1CCOC1=O)c1ccc2c(c1)C[C@@H](c1ccccc1)OC2=O. The Kier molecular flexibility index (Phi) is 4.16. The predicted octanol–water partition coefficient (Wildman–Crippen LogP) is 2.61. The first-order valence-electron chi connectivity index (χ1n) is 8.38. The lowest BCUT2D eigenvalue weighted by Gasteiger charge is -2.25. The van der Waals surface area contributed by atoms with Crippen LogP contribution in [0.4, 0.5) is 0 Å². The molecule has 0 aliphatic carbocycles. The Hall–Kier alpha value is -3.15. The zero-order valence-electron chi connectivity index (χ0n) is 13.8. The van der Waals surface area contributed by atoms with Gasteiger partial charge in [0.25, 0.3) is 0 Å². The molecule has 0 N–H and O–H groups in total. The Morgan fingerprint density at radius 3 is 2.62 bits per heavy atom. The fourth-order valence-corrected chi connectivity index (χ4v) is 3.16. The molecule has 1 saturated heterocycles. The van der Waals surface area contributed by atoms with Crippen LogP contribution < -0.4 is 0 Å². The molecule has 2 heterocycles. The number of ether oxygens (including phenoxy) is 3. The minimum atomic E-state index is -0.861. The second-order valence-electron chi connectivity index (χ2n) is 6.23. The molecule has 0 bridgehead atoms. The Bertz CT molecular complexity index is 873. The molecule has 4 rings (SSSR count). The molecule has 2 aliphatic rings. The zero-order chi connectivity index (χ0) is 18.1. The van der Waals surface area contributed by atoms with Gasteiger partial charge in [0.15, 0.2) is 0 Å². The van der Waals surface area contributed by atoms with E-state index in [0.29, 0.717) is 24.0 Å². The first-order valence-corrected chi connectivity index (χ1v) is 8.38.